The Morgan fingerprint density at radius 1 is 1.50 bits per heavy atom. The highest BCUT2D eigenvalue weighted by molar-refractivity contribution is 5.79. The van der Waals surface area contributed by atoms with E-state index in [1.54, 1.807) is 0 Å². The lowest BCUT2D eigenvalue weighted by atomic mass is 10.2. The van der Waals surface area contributed by atoms with Gasteiger partial charge >= 0.3 is 0 Å². The van der Waals surface area contributed by atoms with Crippen LogP contribution in [0.2, 0.25) is 0 Å². The lowest BCUT2D eigenvalue weighted by Crippen LogP contribution is -2.31. The van der Waals surface area contributed by atoms with Crippen molar-refractivity contribution in [2.45, 2.75) is 26.3 Å². The fourth-order valence-corrected chi connectivity index (χ4v) is 1.41. The minimum Gasteiger partial charge on any atom is -0.489 e. The summed E-state index contributed by atoms with van der Waals surface area (Å²) in [5, 5.41) is 2.69. The van der Waals surface area contributed by atoms with Gasteiger partial charge in [-0.3, -0.25) is 9.59 Å². The summed E-state index contributed by atoms with van der Waals surface area (Å²) in [5.74, 6) is -0.886. The molecule has 0 heterocycles. The SMILES string of the molecule is CC(C)NC(=O)CCOc1c(F)cccc1C=O. The fourth-order valence-electron chi connectivity index (χ4n) is 1.41. The van der Waals surface area contributed by atoms with E-state index >= 15 is 0 Å². The summed E-state index contributed by atoms with van der Waals surface area (Å²) in [5.41, 5.74) is 0.138. The summed E-state index contributed by atoms with van der Waals surface area (Å²) >= 11 is 0. The molecule has 0 radical (unpaired) electrons. The third-order valence-corrected chi connectivity index (χ3v) is 2.15. The average molecular weight is 253 g/mol. The van der Waals surface area contributed by atoms with Gasteiger partial charge in [0, 0.05) is 6.04 Å². The number of halogens is 1. The summed E-state index contributed by atoms with van der Waals surface area (Å²) in [6.45, 7) is 3.72. The number of nitrogens with one attached hydrogen (secondary N) is 1. The van der Waals surface area contributed by atoms with Gasteiger partial charge in [-0.15, -0.1) is 0 Å². The summed E-state index contributed by atoms with van der Waals surface area (Å²) in [6.07, 6.45) is 0.636. The van der Waals surface area contributed by atoms with Crippen LogP contribution in [-0.4, -0.2) is 24.8 Å². The van der Waals surface area contributed by atoms with Crippen LogP contribution in [0.25, 0.3) is 0 Å². The second-order valence-corrected chi connectivity index (χ2v) is 4.10. The van der Waals surface area contributed by atoms with Crippen molar-refractivity contribution in [1.82, 2.24) is 5.32 Å². The van der Waals surface area contributed by atoms with E-state index in [4.69, 9.17) is 4.74 Å². The Morgan fingerprint density at radius 3 is 2.83 bits per heavy atom. The summed E-state index contributed by atoms with van der Waals surface area (Å²) in [6, 6.07) is 4.14. The molecule has 1 N–H and O–H groups in total. The van der Waals surface area contributed by atoms with Crippen molar-refractivity contribution in [1.29, 1.82) is 0 Å². The lowest BCUT2D eigenvalue weighted by Gasteiger charge is -2.10. The zero-order chi connectivity index (χ0) is 13.5. The maximum atomic E-state index is 13.4. The number of ether oxygens (including phenoxy) is 1. The number of benzene rings is 1. The highest BCUT2D eigenvalue weighted by Crippen LogP contribution is 2.21. The molecule has 1 aromatic rings. The Labute approximate surface area is 105 Å². The molecule has 1 aromatic carbocycles. The van der Waals surface area contributed by atoms with E-state index in [-0.39, 0.29) is 36.3 Å². The van der Waals surface area contributed by atoms with E-state index in [1.807, 2.05) is 13.8 Å². The molecule has 0 fully saturated rings. The molecule has 0 aliphatic rings. The van der Waals surface area contributed by atoms with Gasteiger partial charge in [-0.25, -0.2) is 4.39 Å². The van der Waals surface area contributed by atoms with Gasteiger partial charge in [0.25, 0.3) is 0 Å². The summed E-state index contributed by atoms with van der Waals surface area (Å²) < 4.78 is 18.5. The van der Waals surface area contributed by atoms with Crippen molar-refractivity contribution in [3.63, 3.8) is 0 Å². The summed E-state index contributed by atoms with van der Waals surface area (Å²) in [7, 11) is 0. The highest BCUT2D eigenvalue weighted by atomic mass is 19.1. The van der Waals surface area contributed by atoms with Crippen molar-refractivity contribution < 1.29 is 18.7 Å². The van der Waals surface area contributed by atoms with Gasteiger partial charge in [0.1, 0.15) is 0 Å². The van der Waals surface area contributed by atoms with Crippen LogP contribution >= 0.6 is 0 Å². The summed E-state index contributed by atoms with van der Waals surface area (Å²) in [4.78, 5) is 22.0. The van der Waals surface area contributed by atoms with E-state index < -0.39 is 5.82 Å². The van der Waals surface area contributed by atoms with Crippen LogP contribution in [-0.2, 0) is 4.79 Å². The molecule has 0 aromatic heterocycles. The first-order valence-electron chi connectivity index (χ1n) is 5.70. The van der Waals surface area contributed by atoms with Crippen LogP contribution in [0.15, 0.2) is 18.2 Å². The van der Waals surface area contributed by atoms with Crippen molar-refractivity contribution >= 4 is 12.2 Å². The zero-order valence-electron chi connectivity index (χ0n) is 10.4. The minimum absolute atomic E-state index is 0.0281. The Bertz CT molecular complexity index is 432. The largest absolute Gasteiger partial charge is 0.489 e. The van der Waals surface area contributed by atoms with E-state index in [9.17, 15) is 14.0 Å². The number of amides is 1. The molecule has 1 amide bonds. The monoisotopic (exact) mass is 253 g/mol. The molecule has 0 saturated carbocycles. The fraction of sp³-hybridized carbons (Fsp3) is 0.385. The van der Waals surface area contributed by atoms with Gasteiger partial charge in [0.15, 0.2) is 17.9 Å². The van der Waals surface area contributed by atoms with Gasteiger partial charge in [-0.2, -0.15) is 0 Å². The van der Waals surface area contributed by atoms with Crippen LogP contribution < -0.4 is 10.1 Å². The van der Waals surface area contributed by atoms with Crippen LogP contribution in [0.4, 0.5) is 4.39 Å². The average Bonchev–Trinajstić information content (AvgIpc) is 2.30. The van der Waals surface area contributed by atoms with Crippen molar-refractivity contribution in [3.8, 4) is 5.75 Å². The Hall–Kier alpha value is -1.91. The van der Waals surface area contributed by atoms with E-state index in [2.05, 4.69) is 5.32 Å². The smallest absolute Gasteiger partial charge is 0.223 e. The molecular formula is C13H16FNO3. The molecule has 98 valence electrons. The van der Waals surface area contributed by atoms with Gasteiger partial charge in [0.2, 0.25) is 5.91 Å². The molecule has 0 saturated heterocycles. The molecule has 0 unspecified atom stereocenters. The van der Waals surface area contributed by atoms with Crippen molar-refractivity contribution in [2.75, 3.05) is 6.61 Å². The number of carbonyl (C=O) groups is 2. The molecule has 0 aliphatic carbocycles. The topological polar surface area (TPSA) is 55.4 Å². The van der Waals surface area contributed by atoms with Crippen LogP contribution in [0.5, 0.6) is 5.75 Å². The predicted molar refractivity (Wildman–Crippen MR) is 65.2 cm³/mol. The van der Waals surface area contributed by atoms with Crippen LogP contribution in [0.1, 0.15) is 30.6 Å². The predicted octanol–water partition coefficient (Wildman–Crippen LogP) is 1.93. The van der Waals surface area contributed by atoms with E-state index in [1.165, 1.54) is 18.2 Å². The van der Waals surface area contributed by atoms with Gasteiger partial charge in [-0.1, -0.05) is 6.07 Å². The van der Waals surface area contributed by atoms with Crippen molar-refractivity contribution in [3.05, 3.63) is 29.6 Å². The van der Waals surface area contributed by atoms with Crippen LogP contribution in [0, 0.1) is 5.82 Å². The Kier molecular flexibility index (Phi) is 5.30. The molecule has 0 spiro atoms. The number of hydrogen-bond acceptors (Lipinski definition) is 3. The maximum Gasteiger partial charge on any atom is 0.223 e. The molecule has 0 atom stereocenters. The standard InChI is InChI=1S/C13H16FNO3/c1-9(2)15-12(17)6-7-18-13-10(8-16)4-3-5-11(13)14/h3-5,8-9H,6-7H2,1-2H3,(H,15,17). The number of aldehydes is 1. The maximum absolute atomic E-state index is 13.4. The second kappa shape index (κ2) is 6.74. The number of rotatable bonds is 6. The Morgan fingerprint density at radius 2 is 2.22 bits per heavy atom. The molecule has 5 heteroatoms. The number of carbonyl (C=O) groups excluding carboxylic acids is 2. The second-order valence-electron chi connectivity index (χ2n) is 4.10. The number of para-hydroxylation sites is 1. The highest BCUT2D eigenvalue weighted by Gasteiger charge is 2.10. The Balaban J connectivity index is 2.54. The van der Waals surface area contributed by atoms with Crippen molar-refractivity contribution in [2.24, 2.45) is 0 Å². The zero-order valence-corrected chi connectivity index (χ0v) is 10.4. The lowest BCUT2D eigenvalue weighted by molar-refractivity contribution is -0.122. The van der Waals surface area contributed by atoms with Gasteiger partial charge in [0.05, 0.1) is 18.6 Å². The molecule has 0 aliphatic heterocycles. The molecule has 1 rings (SSSR count). The molecule has 4 nitrogen and oxygen atoms in total. The van der Waals surface area contributed by atoms with E-state index in [0.29, 0.717) is 6.29 Å². The third-order valence-electron chi connectivity index (χ3n) is 2.15. The number of hydrogen-bond donors (Lipinski definition) is 1. The molecular weight excluding hydrogens is 237 g/mol. The molecule has 0 bridgehead atoms. The first kappa shape index (κ1) is 14.2. The van der Waals surface area contributed by atoms with Gasteiger partial charge in [-0.05, 0) is 26.0 Å². The normalized spacial score (nSPS) is 10.2. The van der Waals surface area contributed by atoms with Gasteiger partial charge < -0.3 is 10.1 Å². The molecule has 18 heavy (non-hydrogen) atoms. The van der Waals surface area contributed by atoms with E-state index in [0.717, 1.165) is 0 Å². The quantitative estimate of drug-likeness (QED) is 0.788. The first-order valence-corrected chi connectivity index (χ1v) is 5.70. The minimum atomic E-state index is -0.608. The first-order chi connectivity index (χ1) is 8.54. The third kappa shape index (κ3) is 4.16. The van der Waals surface area contributed by atoms with Crippen LogP contribution in [0.3, 0.4) is 0 Å².